The van der Waals surface area contributed by atoms with Gasteiger partial charge in [-0.15, -0.1) is 0 Å². The lowest BCUT2D eigenvalue weighted by Crippen LogP contribution is -2.44. The summed E-state index contributed by atoms with van der Waals surface area (Å²) in [6.45, 7) is 1.16. The van der Waals surface area contributed by atoms with Gasteiger partial charge < -0.3 is 10.2 Å². The summed E-state index contributed by atoms with van der Waals surface area (Å²) < 4.78 is 0. The van der Waals surface area contributed by atoms with Gasteiger partial charge in [0.2, 0.25) is 5.91 Å². The predicted octanol–water partition coefficient (Wildman–Crippen LogP) is 5.01. The molecule has 1 fully saturated rings. The van der Waals surface area contributed by atoms with E-state index in [0.29, 0.717) is 10.6 Å². The molecule has 3 aromatic carbocycles. The molecule has 0 aliphatic carbocycles. The first kappa shape index (κ1) is 23.8. The van der Waals surface area contributed by atoms with Crippen molar-refractivity contribution >= 4 is 41.0 Å². The topological polar surface area (TPSA) is 69.7 Å². The second kappa shape index (κ2) is 9.49. The first-order valence-electron chi connectivity index (χ1n) is 10.7. The Bertz CT molecular complexity index is 1200. The highest BCUT2D eigenvalue weighted by atomic mass is 35.5. The molecular formula is C26H23Cl2N3O3. The Morgan fingerprint density at radius 1 is 0.971 bits per heavy atom. The summed E-state index contributed by atoms with van der Waals surface area (Å²) in [5.41, 5.74) is 0.835. The number of carbonyl (C=O) groups excluding carboxylic acids is 3. The SMILES string of the molecule is CN(C(=O)CN1C(=O)NC(C)(c2ccc(Cl)cc2Cl)C1=O)C(c1ccccc1)c1ccccc1. The average molecular weight is 496 g/mol. The first-order chi connectivity index (χ1) is 16.2. The Labute approximate surface area is 208 Å². The minimum Gasteiger partial charge on any atom is -0.333 e. The van der Waals surface area contributed by atoms with Crippen LogP contribution in [0.25, 0.3) is 0 Å². The van der Waals surface area contributed by atoms with Crippen LogP contribution in [0, 0.1) is 0 Å². The standard InChI is InChI=1S/C26H23Cl2N3O3/c1-26(20-14-13-19(27)15-21(20)28)24(33)31(25(34)29-26)16-22(32)30(2)23(17-9-5-3-6-10-17)18-11-7-4-8-12-18/h3-15,23H,16H2,1-2H3,(H,29,34). The van der Waals surface area contributed by atoms with Crippen LogP contribution in [0.4, 0.5) is 4.79 Å². The summed E-state index contributed by atoms with van der Waals surface area (Å²) in [4.78, 5) is 41.9. The molecule has 3 aromatic rings. The molecule has 1 aliphatic rings. The largest absolute Gasteiger partial charge is 0.333 e. The van der Waals surface area contributed by atoms with Crippen LogP contribution < -0.4 is 5.32 Å². The normalized spacial score (nSPS) is 17.7. The fourth-order valence-electron chi connectivity index (χ4n) is 4.22. The lowest BCUT2D eigenvalue weighted by molar-refractivity contribution is -0.139. The smallest absolute Gasteiger partial charge is 0.325 e. The van der Waals surface area contributed by atoms with Crippen LogP contribution >= 0.6 is 23.2 Å². The number of rotatable bonds is 6. The third-order valence-electron chi connectivity index (χ3n) is 6.05. The monoisotopic (exact) mass is 495 g/mol. The van der Waals surface area contributed by atoms with E-state index in [-0.39, 0.29) is 17.0 Å². The van der Waals surface area contributed by atoms with E-state index in [0.717, 1.165) is 16.0 Å². The van der Waals surface area contributed by atoms with Gasteiger partial charge in [0.25, 0.3) is 5.91 Å². The highest BCUT2D eigenvalue weighted by molar-refractivity contribution is 6.35. The van der Waals surface area contributed by atoms with Crippen molar-refractivity contribution in [3.8, 4) is 0 Å². The van der Waals surface area contributed by atoms with Gasteiger partial charge in [-0.05, 0) is 30.2 Å². The third kappa shape index (κ3) is 4.39. The number of hydrogen-bond donors (Lipinski definition) is 1. The fraction of sp³-hybridized carbons (Fsp3) is 0.192. The molecule has 0 spiro atoms. The molecule has 1 saturated heterocycles. The summed E-state index contributed by atoms with van der Waals surface area (Å²) in [6, 6.07) is 22.9. The average Bonchev–Trinajstić information content (AvgIpc) is 3.04. The number of benzene rings is 3. The Hall–Kier alpha value is -3.35. The van der Waals surface area contributed by atoms with Crippen molar-refractivity contribution in [2.24, 2.45) is 0 Å². The molecule has 1 unspecified atom stereocenters. The highest BCUT2D eigenvalue weighted by Gasteiger charge is 2.50. The maximum Gasteiger partial charge on any atom is 0.325 e. The zero-order valence-electron chi connectivity index (χ0n) is 18.7. The van der Waals surface area contributed by atoms with Crippen molar-refractivity contribution < 1.29 is 14.4 Å². The molecule has 0 aromatic heterocycles. The molecule has 1 N–H and O–H groups in total. The Kier molecular flexibility index (Phi) is 6.64. The Morgan fingerprint density at radius 2 is 1.53 bits per heavy atom. The molecule has 1 atom stereocenters. The fourth-order valence-corrected chi connectivity index (χ4v) is 4.82. The molecule has 34 heavy (non-hydrogen) atoms. The van der Waals surface area contributed by atoms with E-state index < -0.39 is 24.0 Å². The second-order valence-corrected chi connectivity index (χ2v) is 9.14. The number of imide groups is 1. The summed E-state index contributed by atoms with van der Waals surface area (Å²) >= 11 is 12.3. The second-order valence-electron chi connectivity index (χ2n) is 8.30. The van der Waals surface area contributed by atoms with Crippen LogP contribution in [0.15, 0.2) is 78.9 Å². The number of halogens is 2. The predicted molar refractivity (Wildman–Crippen MR) is 132 cm³/mol. The van der Waals surface area contributed by atoms with Crippen LogP contribution in [0.2, 0.25) is 10.0 Å². The van der Waals surface area contributed by atoms with Crippen LogP contribution in [0.5, 0.6) is 0 Å². The van der Waals surface area contributed by atoms with Crippen LogP contribution in [-0.2, 0) is 15.1 Å². The maximum absolute atomic E-state index is 13.3. The van der Waals surface area contributed by atoms with E-state index in [1.165, 1.54) is 6.07 Å². The quantitative estimate of drug-likeness (QED) is 0.488. The van der Waals surface area contributed by atoms with Crippen molar-refractivity contribution in [1.82, 2.24) is 15.1 Å². The summed E-state index contributed by atoms with van der Waals surface area (Å²) in [7, 11) is 1.67. The molecule has 4 amide bonds. The Balaban J connectivity index is 1.60. The first-order valence-corrected chi connectivity index (χ1v) is 11.4. The highest BCUT2D eigenvalue weighted by Crippen LogP contribution is 2.35. The van der Waals surface area contributed by atoms with Gasteiger partial charge >= 0.3 is 6.03 Å². The Morgan fingerprint density at radius 3 is 2.06 bits per heavy atom. The number of likely N-dealkylation sites (N-methyl/N-ethyl adjacent to an activating group) is 1. The number of urea groups is 1. The molecule has 8 heteroatoms. The summed E-state index contributed by atoms with van der Waals surface area (Å²) in [5, 5.41) is 3.35. The molecule has 174 valence electrons. The number of hydrogen-bond acceptors (Lipinski definition) is 3. The van der Waals surface area contributed by atoms with Crippen molar-refractivity contribution in [1.29, 1.82) is 0 Å². The molecule has 6 nitrogen and oxygen atoms in total. The number of carbonyl (C=O) groups is 3. The minimum atomic E-state index is -1.41. The number of nitrogens with zero attached hydrogens (tertiary/aromatic N) is 2. The van der Waals surface area contributed by atoms with Gasteiger partial charge in [0.1, 0.15) is 12.1 Å². The van der Waals surface area contributed by atoms with Gasteiger partial charge in [-0.2, -0.15) is 0 Å². The summed E-state index contributed by atoms with van der Waals surface area (Å²) in [5.74, 6) is -0.938. The van der Waals surface area contributed by atoms with Crippen molar-refractivity contribution in [2.75, 3.05) is 13.6 Å². The van der Waals surface area contributed by atoms with E-state index in [9.17, 15) is 14.4 Å². The third-order valence-corrected chi connectivity index (χ3v) is 6.60. The molecule has 4 rings (SSSR count). The van der Waals surface area contributed by atoms with Crippen LogP contribution in [-0.4, -0.2) is 41.2 Å². The van der Waals surface area contributed by atoms with Crippen LogP contribution in [0.1, 0.15) is 29.7 Å². The van der Waals surface area contributed by atoms with E-state index in [2.05, 4.69) is 5.32 Å². The van der Waals surface area contributed by atoms with Crippen molar-refractivity contribution in [3.63, 3.8) is 0 Å². The van der Waals surface area contributed by atoms with E-state index in [1.807, 2.05) is 60.7 Å². The lowest BCUT2D eigenvalue weighted by Gasteiger charge is -2.30. The molecule has 0 bridgehead atoms. The van der Waals surface area contributed by atoms with Gasteiger partial charge in [0, 0.05) is 22.7 Å². The lowest BCUT2D eigenvalue weighted by atomic mass is 9.92. The summed E-state index contributed by atoms with van der Waals surface area (Å²) in [6.07, 6.45) is 0. The van der Waals surface area contributed by atoms with Crippen molar-refractivity contribution in [3.05, 3.63) is 106 Å². The molecular weight excluding hydrogens is 473 g/mol. The number of amides is 4. The van der Waals surface area contributed by atoms with Gasteiger partial charge in [-0.1, -0.05) is 89.9 Å². The number of nitrogens with one attached hydrogen (secondary N) is 1. The van der Waals surface area contributed by atoms with Gasteiger partial charge in [-0.25, -0.2) is 4.79 Å². The van der Waals surface area contributed by atoms with E-state index in [4.69, 9.17) is 23.2 Å². The maximum atomic E-state index is 13.3. The van der Waals surface area contributed by atoms with Crippen molar-refractivity contribution in [2.45, 2.75) is 18.5 Å². The zero-order chi connectivity index (χ0) is 24.5. The van der Waals surface area contributed by atoms with Gasteiger partial charge in [0.15, 0.2) is 0 Å². The minimum absolute atomic E-state index is 0.252. The molecule has 0 saturated carbocycles. The molecule has 0 radical (unpaired) electrons. The van der Waals surface area contributed by atoms with E-state index in [1.54, 1.807) is 31.0 Å². The van der Waals surface area contributed by atoms with Gasteiger partial charge in [0.05, 0.1) is 6.04 Å². The van der Waals surface area contributed by atoms with Gasteiger partial charge in [-0.3, -0.25) is 14.5 Å². The molecule has 1 heterocycles. The van der Waals surface area contributed by atoms with Crippen LogP contribution in [0.3, 0.4) is 0 Å². The molecule has 1 aliphatic heterocycles. The zero-order valence-corrected chi connectivity index (χ0v) is 20.2. The van der Waals surface area contributed by atoms with E-state index >= 15 is 0 Å².